The maximum Gasteiger partial charge on any atom is 0.340 e. The fraction of sp³-hybridized carbons (Fsp3) is 0.100. The van der Waals surface area contributed by atoms with Gasteiger partial charge in [-0.1, -0.05) is 24.3 Å². The van der Waals surface area contributed by atoms with Crippen LogP contribution in [0.15, 0.2) is 73.6 Å². The molecule has 0 aliphatic rings. The van der Waals surface area contributed by atoms with E-state index in [0.29, 0.717) is 11.4 Å². The van der Waals surface area contributed by atoms with Gasteiger partial charge in [-0.25, -0.2) is 14.8 Å². The molecule has 128 valence electrons. The topological polar surface area (TPSA) is 69.9 Å². The summed E-state index contributed by atoms with van der Waals surface area (Å²) in [5.74, 6) is 0.250. The van der Waals surface area contributed by atoms with E-state index >= 15 is 0 Å². The number of carbonyl (C=O) groups excluding carboxylic acids is 1. The normalized spacial score (nSPS) is 12.0. The fourth-order valence-corrected chi connectivity index (χ4v) is 2.81. The van der Waals surface area contributed by atoms with Crippen LogP contribution in [0.2, 0.25) is 0 Å². The molecule has 6 heteroatoms. The summed E-state index contributed by atoms with van der Waals surface area (Å²) >= 11 is 0. The average Bonchev–Trinajstić information content (AvgIpc) is 3.22. The smallest absolute Gasteiger partial charge is 0.340 e. The Morgan fingerprint density at radius 1 is 1.08 bits per heavy atom. The molecule has 4 aromatic rings. The number of aromatic nitrogens is 4. The first-order valence-corrected chi connectivity index (χ1v) is 8.21. The third-order valence-corrected chi connectivity index (χ3v) is 4.13. The van der Waals surface area contributed by atoms with E-state index in [4.69, 9.17) is 4.74 Å². The molecule has 1 aromatic carbocycles. The number of hydrogen-bond donors (Lipinski definition) is 0. The lowest BCUT2D eigenvalue weighted by atomic mass is 10.1. The van der Waals surface area contributed by atoms with Crippen molar-refractivity contribution in [3.05, 3.63) is 84.8 Å². The second kappa shape index (κ2) is 6.76. The van der Waals surface area contributed by atoms with Crippen molar-refractivity contribution in [3.8, 4) is 5.82 Å². The van der Waals surface area contributed by atoms with Crippen LogP contribution in [-0.2, 0) is 4.74 Å². The summed E-state index contributed by atoms with van der Waals surface area (Å²) in [6, 6.07) is 13.3. The van der Waals surface area contributed by atoms with Gasteiger partial charge in [-0.2, -0.15) is 0 Å². The van der Waals surface area contributed by atoms with Gasteiger partial charge in [0.05, 0.1) is 11.3 Å². The molecule has 0 unspecified atom stereocenters. The van der Waals surface area contributed by atoms with Gasteiger partial charge in [0, 0.05) is 30.2 Å². The van der Waals surface area contributed by atoms with Crippen molar-refractivity contribution >= 4 is 16.7 Å². The van der Waals surface area contributed by atoms with Crippen LogP contribution < -0.4 is 0 Å². The van der Waals surface area contributed by atoms with Crippen molar-refractivity contribution in [1.82, 2.24) is 19.5 Å². The number of carbonyl (C=O) groups is 1. The zero-order valence-electron chi connectivity index (χ0n) is 14.1. The lowest BCUT2D eigenvalue weighted by molar-refractivity contribution is 0.0332. The third-order valence-electron chi connectivity index (χ3n) is 4.13. The van der Waals surface area contributed by atoms with Gasteiger partial charge in [-0.05, 0) is 30.5 Å². The maximum absolute atomic E-state index is 12.5. The lowest BCUT2D eigenvalue weighted by Crippen LogP contribution is -2.11. The maximum atomic E-state index is 12.5. The molecule has 0 N–H and O–H groups in total. The number of rotatable bonds is 4. The van der Waals surface area contributed by atoms with Gasteiger partial charge in [0.1, 0.15) is 18.2 Å². The first kappa shape index (κ1) is 16.0. The van der Waals surface area contributed by atoms with Crippen LogP contribution in [0.25, 0.3) is 16.6 Å². The molecule has 0 saturated heterocycles. The number of nitrogens with zero attached hydrogens (tertiary/aromatic N) is 4. The minimum atomic E-state index is -0.470. The molecule has 4 rings (SSSR count). The number of ether oxygens (including phenoxy) is 1. The Morgan fingerprint density at radius 3 is 2.73 bits per heavy atom. The highest BCUT2D eigenvalue weighted by atomic mass is 16.5. The summed E-state index contributed by atoms with van der Waals surface area (Å²) in [5.41, 5.74) is 1.13. The van der Waals surface area contributed by atoms with Crippen LogP contribution in [0.5, 0.6) is 0 Å². The molecule has 0 aliphatic carbocycles. The molecular formula is C20H16N4O2. The highest BCUT2D eigenvalue weighted by molar-refractivity contribution is 5.90. The molecule has 0 bridgehead atoms. The quantitative estimate of drug-likeness (QED) is 0.528. The van der Waals surface area contributed by atoms with Crippen LogP contribution in [-0.4, -0.2) is 25.5 Å². The summed E-state index contributed by atoms with van der Waals surface area (Å²) in [7, 11) is 0. The number of imidazole rings is 1. The molecule has 0 radical (unpaired) electrons. The zero-order chi connectivity index (χ0) is 17.9. The predicted octanol–water partition coefficient (Wildman–Crippen LogP) is 3.73. The first-order valence-electron chi connectivity index (χ1n) is 8.21. The van der Waals surface area contributed by atoms with Gasteiger partial charge in [0.25, 0.3) is 0 Å². The molecule has 0 spiro atoms. The molecular weight excluding hydrogens is 328 g/mol. The molecule has 3 heterocycles. The average molecular weight is 344 g/mol. The van der Waals surface area contributed by atoms with Crippen molar-refractivity contribution in [1.29, 1.82) is 0 Å². The van der Waals surface area contributed by atoms with Gasteiger partial charge in [-0.3, -0.25) is 9.55 Å². The van der Waals surface area contributed by atoms with E-state index in [0.717, 1.165) is 16.5 Å². The monoisotopic (exact) mass is 344 g/mol. The molecule has 6 nitrogen and oxygen atoms in total. The Labute approximate surface area is 150 Å². The minimum absolute atomic E-state index is 0.390. The first-order chi connectivity index (χ1) is 12.7. The van der Waals surface area contributed by atoms with Gasteiger partial charge >= 0.3 is 5.97 Å². The standard InChI is InChI=1S/C20H16N4O2/c1-14(19-17-5-3-2-4-15(17)8-9-22-19)26-20(25)16-6-7-18(23-12-16)24-11-10-21-13-24/h2-14H,1H3/t14-/m1/s1. The fourth-order valence-electron chi connectivity index (χ4n) is 2.81. The number of benzene rings is 1. The van der Waals surface area contributed by atoms with Crippen molar-refractivity contribution in [2.45, 2.75) is 13.0 Å². The van der Waals surface area contributed by atoms with E-state index < -0.39 is 12.1 Å². The van der Waals surface area contributed by atoms with E-state index in [9.17, 15) is 4.79 Å². The van der Waals surface area contributed by atoms with Gasteiger partial charge in [0.2, 0.25) is 0 Å². The molecule has 0 saturated carbocycles. The van der Waals surface area contributed by atoms with Gasteiger partial charge in [-0.15, -0.1) is 0 Å². The molecule has 1 atom stereocenters. The number of pyridine rings is 2. The Kier molecular flexibility index (Phi) is 4.15. The Balaban J connectivity index is 1.54. The lowest BCUT2D eigenvalue weighted by Gasteiger charge is -2.15. The van der Waals surface area contributed by atoms with Crippen LogP contribution in [0, 0.1) is 0 Å². The zero-order valence-corrected chi connectivity index (χ0v) is 14.1. The molecule has 0 aliphatic heterocycles. The second-order valence-electron chi connectivity index (χ2n) is 5.84. The highest BCUT2D eigenvalue weighted by Crippen LogP contribution is 2.25. The van der Waals surface area contributed by atoms with Crippen molar-refractivity contribution in [3.63, 3.8) is 0 Å². The van der Waals surface area contributed by atoms with Crippen LogP contribution in [0.4, 0.5) is 0 Å². The Hall–Kier alpha value is -3.54. The van der Waals surface area contributed by atoms with Gasteiger partial charge in [0.15, 0.2) is 0 Å². The summed E-state index contributed by atoms with van der Waals surface area (Å²) in [5, 5.41) is 2.04. The minimum Gasteiger partial charge on any atom is -0.452 e. The number of esters is 1. The highest BCUT2D eigenvalue weighted by Gasteiger charge is 2.17. The summed E-state index contributed by atoms with van der Waals surface area (Å²) in [4.78, 5) is 25.1. The van der Waals surface area contributed by atoms with Crippen LogP contribution in [0.1, 0.15) is 29.1 Å². The largest absolute Gasteiger partial charge is 0.452 e. The van der Waals surface area contributed by atoms with E-state index in [1.165, 1.54) is 6.20 Å². The van der Waals surface area contributed by atoms with Crippen LogP contribution >= 0.6 is 0 Å². The molecule has 3 aromatic heterocycles. The predicted molar refractivity (Wildman–Crippen MR) is 96.9 cm³/mol. The van der Waals surface area contributed by atoms with Crippen molar-refractivity contribution in [2.24, 2.45) is 0 Å². The molecule has 0 fully saturated rings. The van der Waals surface area contributed by atoms with E-state index in [1.54, 1.807) is 41.6 Å². The SMILES string of the molecule is C[C@@H](OC(=O)c1ccc(-n2ccnc2)nc1)c1nccc2ccccc12. The van der Waals surface area contributed by atoms with E-state index in [-0.39, 0.29) is 0 Å². The summed E-state index contributed by atoms with van der Waals surface area (Å²) < 4.78 is 7.36. The molecule has 26 heavy (non-hydrogen) atoms. The van der Waals surface area contributed by atoms with Gasteiger partial charge < -0.3 is 4.74 Å². The molecule has 0 amide bonds. The summed E-state index contributed by atoms with van der Waals surface area (Å²) in [6.45, 7) is 1.82. The second-order valence-corrected chi connectivity index (χ2v) is 5.84. The number of hydrogen-bond acceptors (Lipinski definition) is 5. The van der Waals surface area contributed by atoms with Crippen molar-refractivity contribution < 1.29 is 9.53 Å². The Morgan fingerprint density at radius 2 is 1.96 bits per heavy atom. The van der Waals surface area contributed by atoms with E-state index in [2.05, 4.69) is 15.0 Å². The number of fused-ring (bicyclic) bond motifs is 1. The van der Waals surface area contributed by atoms with Crippen LogP contribution in [0.3, 0.4) is 0 Å². The van der Waals surface area contributed by atoms with E-state index in [1.807, 2.05) is 37.3 Å². The van der Waals surface area contributed by atoms with Crippen molar-refractivity contribution in [2.75, 3.05) is 0 Å². The Bertz CT molecular complexity index is 1040. The third kappa shape index (κ3) is 3.04. The summed E-state index contributed by atoms with van der Waals surface area (Å²) in [6.07, 6.45) is 7.86.